The van der Waals surface area contributed by atoms with Crippen LogP contribution in [0, 0.1) is 11.6 Å². The second-order valence-corrected chi connectivity index (χ2v) is 5.68. The molecule has 0 fully saturated rings. The highest BCUT2D eigenvalue weighted by Gasteiger charge is 2.13. The molecule has 0 radical (unpaired) electrons. The van der Waals surface area contributed by atoms with Gasteiger partial charge in [-0.15, -0.1) is 0 Å². The lowest BCUT2D eigenvalue weighted by molar-refractivity contribution is -0.113. The smallest absolute Gasteiger partial charge is 0.241 e. The fraction of sp³-hybridized carbons (Fsp3) is 0.200. The van der Waals surface area contributed by atoms with Crippen LogP contribution in [0.25, 0.3) is 5.57 Å². The molecule has 27 heavy (non-hydrogen) atoms. The van der Waals surface area contributed by atoms with E-state index in [1.807, 2.05) is 0 Å². The van der Waals surface area contributed by atoms with Gasteiger partial charge in [0, 0.05) is 12.5 Å². The van der Waals surface area contributed by atoms with E-state index >= 15 is 0 Å². The van der Waals surface area contributed by atoms with Gasteiger partial charge in [-0.2, -0.15) is 0 Å². The van der Waals surface area contributed by atoms with Gasteiger partial charge in [0.15, 0.2) is 11.5 Å². The first-order valence-electron chi connectivity index (χ1n) is 8.16. The molecule has 0 aliphatic carbocycles. The van der Waals surface area contributed by atoms with Gasteiger partial charge >= 0.3 is 0 Å². The Balaban J connectivity index is 2.28. The number of allylic oxidation sites excluding steroid dienone is 1. The zero-order valence-corrected chi connectivity index (χ0v) is 14.7. The van der Waals surface area contributed by atoms with E-state index in [0.717, 1.165) is 12.1 Å². The molecule has 0 heterocycles. The van der Waals surface area contributed by atoms with Crippen LogP contribution in [-0.2, 0) is 16.2 Å². The largest absolute Gasteiger partial charge is 0.489 e. The molecule has 5 nitrogen and oxygen atoms in total. The van der Waals surface area contributed by atoms with Crippen molar-refractivity contribution >= 4 is 17.8 Å². The number of nitrogens with two attached hydrogens (primary N) is 1. The summed E-state index contributed by atoms with van der Waals surface area (Å²) in [6.45, 7) is 1.47. The Hall–Kier alpha value is -3.22. The fourth-order valence-electron chi connectivity index (χ4n) is 2.32. The first-order chi connectivity index (χ1) is 12.9. The average Bonchev–Trinajstić information content (AvgIpc) is 2.61. The van der Waals surface area contributed by atoms with Gasteiger partial charge in [-0.3, -0.25) is 4.79 Å². The summed E-state index contributed by atoms with van der Waals surface area (Å²) in [4.78, 5) is 21.6. The van der Waals surface area contributed by atoms with Crippen molar-refractivity contribution in [1.82, 2.24) is 0 Å². The highest BCUT2D eigenvalue weighted by molar-refractivity contribution is 5.93. The Kier molecular flexibility index (Phi) is 7.05. The minimum atomic E-state index is -0.713. The third kappa shape index (κ3) is 5.64. The van der Waals surface area contributed by atoms with E-state index < -0.39 is 17.5 Å². The zero-order chi connectivity index (χ0) is 19.8. The molecule has 0 spiro atoms. The van der Waals surface area contributed by atoms with E-state index in [9.17, 15) is 18.4 Å². The number of carbonyl (C=O) groups excluding carboxylic acids is 2. The van der Waals surface area contributed by atoms with Crippen molar-refractivity contribution in [2.24, 2.45) is 5.73 Å². The molecule has 0 unspecified atom stereocenters. The van der Waals surface area contributed by atoms with Gasteiger partial charge in [0.25, 0.3) is 0 Å². The van der Waals surface area contributed by atoms with E-state index in [1.54, 1.807) is 25.1 Å². The number of carbonyl (C=O) groups is 2. The topological polar surface area (TPSA) is 78.6 Å². The maximum Gasteiger partial charge on any atom is 0.241 e. The Morgan fingerprint density at radius 1 is 1.11 bits per heavy atom. The maximum absolute atomic E-state index is 13.8. The maximum atomic E-state index is 13.8. The number of primary amides is 1. The Morgan fingerprint density at radius 3 is 2.44 bits per heavy atom. The van der Waals surface area contributed by atoms with E-state index in [-0.39, 0.29) is 36.7 Å². The number of aldehydes is 1. The lowest BCUT2D eigenvalue weighted by atomic mass is 10.1. The first kappa shape index (κ1) is 20.1. The van der Waals surface area contributed by atoms with Crippen molar-refractivity contribution in [3.05, 3.63) is 65.2 Å². The molecule has 142 valence electrons. The van der Waals surface area contributed by atoms with Gasteiger partial charge in [0.2, 0.25) is 5.91 Å². The number of halogens is 2. The van der Waals surface area contributed by atoms with Crippen LogP contribution < -0.4 is 15.2 Å². The lowest BCUT2D eigenvalue weighted by Gasteiger charge is -2.14. The van der Waals surface area contributed by atoms with E-state index in [4.69, 9.17) is 15.2 Å². The number of benzene rings is 2. The Morgan fingerprint density at radius 2 is 1.81 bits per heavy atom. The molecular weight excluding hydrogens is 356 g/mol. The summed E-state index contributed by atoms with van der Waals surface area (Å²) < 4.78 is 38.6. The molecule has 0 atom stereocenters. The molecule has 2 N–H and O–H groups in total. The molecule has 0 saturated carbocycles. The third-order valence-corrected chi connectivity index (χ3v) is 3.68. The Bertz CT molecular complexity index is 845. The molecular formula is C20H19F2NO4. The van der Waals surface area contributed by atoms with Gasteiger partial charge in [0.1, 0.15) is 24.5 Å². The summed E-state index contributed by atoms with van der Waals surface area (Å²) in [5, 5.41) is 0. The Labute approximate surface area is 155 Å². The van der Waals surface area contributed by atoms with Gasteiger partial charge < -0.3 is 20.0 Å². The number of hydrogen-bond donors (Lipinski definition) is 1. The highest BCUT2D eigenvalue weighted by Crippen LogP contribution is 2.32. The van der Waals surface area contributed by atoms with Gasteiger partial charge in [-0.1, -0.05) is 12.1 Å². The second kappa shape index (κ2) is 9.47. The number of rotatable bonds is 9. The van der Waals surface area contributed by atoms with E-state index in [1.165, 1.54) is 12.1 Å². The van der Waals surface area contributed by atoms with Gasteiger partial charge in [-0.05, 0) is 42.3 Å². The summed E-state index contributed by atoms with van der Waals surface area (Å²) >= 11 is 0. The minimum Gasteiger partial charge on any atom is -0.489 e. The predicted molar refractivity (Wildman–Crippen MR) is 96.2 cm³/mol. The van der Waals surface area contributed by atoms with Crippen LogP contribution in [0.1, 0.15) is 24.5 Å². The van der Waals surface area contributed by atoms with Crippen LogP contribution in [-0.4, -0.2) is 18.8 Å². The summed E-state index contributed by atoms with van der Waals surface area (Å²) in [7, 11) is 0. The van der Waals surface area contributed by atoms with Gasteiger partial charge in [-0.25, -0.2) is 8.78 Å². The molecule has 0 aliphatic heterocycles. The van der Waals surface area contributed by atoms with Crippen LogP contribution in [0.4, 0.5) is 8.78 Å². The summed E-state index contributed by atoms with van der Waals surface area (Å²) in [5.41, 5.74) is 6.21. The van der Waals surface area contributed by atoms with Crippen LogP contribution in [0.5, 0.6) is 11.5 Å². The quantitative estimate of drug-likeness (QED) is 0.414. The van der Waals surface area contributed by atoms with Crippen molar-refractivity contribution in [3.63, 3.8) is 0 Å². The van der Waals surface area contributed by atoms with Crippen LogP contribution in [0.2, 0.25) is 0 Å². The monoisotopic (exact) mass is 375 g/mol. The van der Waals surface area contributed by atoms with Crippen LogP contribution in [0.15, 0.2) is 42.5 Å². The summed E-state index contributed by atoms with van der Waals surface area (Å²) in [6, 6.07) is 8.38. The first-order valence-corrected chi connectivity index (χ1v) is 8.16. The predicted octanol–water partition coefficient (Wildman–Crippen LogP) is 3.40. The average molecular weight is 375 g/mol. The van der Waals surface area contributed by atoms with Crippen molar-refractivity contribution < 1.29 is 27.8 Å². The van der Waals surface area contributed by atoms with Crippen molar-refractivity contribution in [2.45, 2.75) is 20.0 Å². The molecule has 2 aromatic carbocycles. The fourth-order valence-corrected chi connectivity index (χ4v) is 2.32. The van der Waals surface area contributed by atoms with Crippen molar-refractivity contribution in [2.75, 3.05) is 6.61 Å². The molecule has 2 aromatic rings. The molecule has 0 saturated heterocycles. The van der Waals surface area contributed by atoms with Crippen LogP contribution >= 0.6 is 0 Å². The van der Waals surface area contributed by atoms with Gasteiger partial charge in [0.05, 0.1) is 12.2 Å². The SMILES string of the molecule is C/C(=C\C(N)=O)c1ccc(OCc2c(F)cccc2F)c(OCCC=O)c1. The van der Waals surface area contributed by atoms with E-state index in [2.05, 4.69) is 0 Å². The molecule has 0 aromatic heterocycles. The molecule has 1 amide bonds. The van der Waals surface area contributed by atoms with Crippen LogP contribution in [0.3, 0.4) is 0 Å². The molecule has 0 aliphatic rings. The van der Waals surface area contributed by atoms with Crippen molar-refractivity contribution in [3.8, 4) is 11.5 Å². The summed E-state index contributed by atoms with van der Waals surface area (Å²) in [5.74, 6) is -1.49. The lowest BCUT2D eigenvalue weighted by Crippen LogP contribution is -2.07. The summed E-state index contributed by atoms with van der Waals surface area (Å²) in [6.07, 6.45) is 2.14. The number of amides is 1. The molecule has 2 rings (SSSR count). The standard InChI is InChI=1S/C20H19F2NO4/c1-13(10-20(23)25)14-6-7-18(19(11-14)26-9-3-8-24)27-12-15-16(21)4-2-5-17(15)22/h2,4-8,10-11H,3,9,12H2,1H3,(H2,23,25)/b13-10+. The van der Waals surface area contributed by atoms with E-state index in [0.29, 0.717) is 17.4 Å². The second-order valence-electron chi connectivity index (χ2n) is 5.68. The minimum absolute atomic E-state index is 0.107. The third-order valence-electron chi connectivity index (χ3n) is 3.68. The zero-order valence-electron chi connectivity index (χ0n) is 14.7. The number of ether oxygens (including phenoxy) is 2. The normalized spacial score (nSPS) is 11.1. The molecule has 7 heteroatoms. The molecule has 0 bridgehead atoms. The highest BCUT2D eigenvalue weighted by atomic mass is 19.1. The van der Waals surface area contributed by atoms with Crippen molar-refractivity contribution in [1.29, 1.82) is 0 Å². The number of hydrogen-bond acceptors (Lipinski definition) is 4.